The van der Waals surface area contributed by atoms with Gasteiger partial charge in [0.1, 0.15) is 0 Å². The SMILES string of the molecule is CCCCC(CC)CN(C)C(C)CC(C)C. The molecule has 0 aliphatic rings. The molecule has 0 heterocycles. The van der Waals surface area contributed by atoms with Gasteiger partial charge in [-0.3, -0.25) is 0 Å². The van der Waals surface area contributed by atoms with Gasteiger partial charge < -0.3 is 4.90 Å². The zero-order chi connectivity index (χ0) is 12.6. The van der Waals surface area contributed by atoms with E-state index in [1.807, 2.05) is 0 Å². The van der Waals surface area contributed by atoms with Gasteiger partial charge in [0.05, 0.1) is 0 Å². The average molecular weight is 227 g/mol. The summed E-state index contributed by atoms with van der Waals surface area (Å²) in [6.45, 7) is 12.9. The summed E-state index contributed by atoms with van der Waals surface area (Å²) < 4.78 is 0. The molecule has 0 aromatic carbocycles. The summed E-state index contributed by atoms with van der Waals surface area (Å²) in [5.74, 6) is 1.72. The van der Waals surface area contributed by atoms with Crippen LogP contribution in [0.15, 0.2) is 0 Å². The molecule has 1 nitrogen and oxygen atoms in total. The first-order valence-corrected chi connectivity index (χ1v) is 7.21. The predicted octanol–water partition coefficient (Wildman–Crippen LogP) is 4.57. The highest BCUT2D eigenvalue weighted by atomic mass is 15.1. The smallest absolute Gasteiger partial charge is 0.00664 e. The van der Waals surface area contributed by atoms with Crippen molar-refractivity contribution in [2.45, 2.75) is 72.8 Å². The molecule has 0 spiro atoms. The lowest BCUT2D eigenvalue weighted by molar-refractivity contribution is 0.187. The average Bonchev–Trinajstić information content (AvgIpc) is 2.22. The van der Waals surface area contributed by atoms with Crippen molar-refractivity contribution in [1.82, 2.24) is 4.90 Å². The van der Waals surface area contributed by atoms with Crippen molar-refractivity contribution in [3.05, 3.63) is 0 Å². The lowest BCUT2D eigenvalue weighted by Gasteiger charge is -2.29. The molecule has 0 amide bonds. The quantitative estimate of drug-likeness (QED) is 0.558. The van der Waals surface area contributed by atoms with E-state index in [-0.39, 0.29) is 0 Å². The van der Waals surface area contributed by atoms with E-state index in [4.69, 9.17) is 0 Å². The standard InChI is InChI=1S/C15H33N/c1-7-9-10-15(8-2)12-16(6)14(5)11-13(3)4/h13-15H,7-12H2,1-6H3. The van der Waals surface area contributed by atoms with Gasteiger partial charge in [0, 0.05) is 12.6 Å². The summed E-state index contributed by atoms with van der Waals surface area (Å²) in [4.78, 5) is 2.56. The van der Waals surface area contributed by atoms with Gasteiger partial charge in [0.15, 0.2) is 0 Å². The minimum Gasteiger partial charge on any atom is -0.303 e. The van der Waals surface area contributed by atoms with Gasteiger partial charge in [-0.25, -0.2) is 0 Å². The maximum Gasteiger partial charge on any atom is 0.00664 e. The van der Waals surface area contributed by atoms with Crippen molar-refractivity contribution >= 4 is 0 Å². The van der Waals surface area contributed by atoms with Crippen LogP contribution in [0.4, 0.5) is 0 Å². The van der Waals surface area contributed by atoms with Crippen molar-refractivity contribution in [3.63, 3.8) is 0 Å². The van der Waals surface area contributed by atoms with Gasteiger partial charge in [-0.05, 0) is 38.6 Å². The first kappa shape index (κ1) is 16.0. The molecule has 16 heavy (non-hydrogen) atoms. The Labute approximate surface area is 104 Å². The fourth-order valence-corrected chi connectivity index (χ4v) is 2.37. The number of unbranched alkanes of at least 4 members (excludes halogenated alkanes) is 1. The van der Waals surface area contributed by atoms with Crippen LogP contribution in [-0.2, 0) is 0 Å². The molecule has 0 aromatic rings. The third-order valence-corrected chi connectivity index (χ3v) is 3.65. The predicted molar refractivity (Wildman–Crippen MR) is 74.9 cm³/mol. The van der Waals surface area contributed by atoms with Gasteiger partial charge >= 0.3 is 0 Å². The zero-order valence-electron chi connectivity index (χ0n) is 12.4. The van der Waals surface area contributed by atoms with Crippen LogP contribution in [0.2, 0.25) is 0 Å². The Bertz CT molecular complexity index is 154. The minimum atomic E-state index is 0.732. The van der Waals surface area contributed by atoms with E-state index in [0.29, 0.717) is 0 Å². The molecule has 0 aromatic heterocycles. The molecule has 2 unspecified atom stereocenters. The van der Waals surface area contributed by atoms with E-state index in [1.165, 1.54) is 38.6 Å². The van der Waals surface area contributed by atoms with Gasteiger partial charge in [-0.15, -0.1) is 0 Å². The fraction of sp³-hybridized carbons (Fsp3) is 1.00. The van der Waals surface area contributed by atoms with Crippen LogP contribution in [0.25, 0.3) is 0 Å². The summed E-state index contributed by atoms with van der Waals surface area (Å²) in [6.07, 6.45) is 6.79. The van der Waals surface area contributed by atoms with E-state index in [1.54, 1.807) is 0 Å². The molecule has 0 aliphatic heterocycles. The number of hydrogen-bond acceptors (Lipinski definition) is 1. The lowest BCUT2D eigenvalue weighted by Crippen LogP contribution is -2.34. The van der Waals surface area contributed by atoms with Crippen LogP contribution < -0.4 is 0 Å². The topological polar surface area (TPSA) is 3.24 Å². The lowest BCUT2D eigenvalue weighted by atomic mass is 9.97. The van der Waals surface area contributed by atoms with Gasteiger partial charge in [0.25, 0.3) is 0 Å². The summed E-state index contributed by atoms with van der Waals surface area (Å²) >= 11 is 0. The maximum absolute atomic E-state index is 2.56. The summed E-state index contributed by atoms with van der Waals surface area (Å²) in [7, 11) is 2.29. The van der Waals surface area contributed by atoms with Gasteiger partial charge in [0.2, 0.25) is 0 Å². The molecule has 0 N–H and O–H groups in total. The molecule has 0 saturated carbocycles. The van der Waals surface area contributed by atoms with Gasteiger partial charge in [-0.1, -0.05) is 47.0 Å². The van der Waals surface area contributed by atoms with Crippen LogP contribution in [0, 0.1) is 11.8 Å². The molecular weight excluding hydrogens is 194 g/mol. The van der Waals surface area contributed by atoms with Gasteiger partial charge in [-0.2, -0.15) is 0 Å². The first-order chi connectivity index (χ1) is 7.51. The van der Waals surface area contributed by atoms with Crippen molar-refractivity contribution in [2.75, 3.05) is 13.6 Å². The molecule has 98 valence electrons. The van der Waals surface area contributed by atoms with Crippen molar-refractivity contribution in [2.24, 2.45) is 11.8 Å². The zero-order valence-corrected chi connectivity index (χ0v) is 12.4. The normalized spacial score (nSPS) is 15.8. The van der Waals surface area contributed by atoms with E-state index < -0.39 is 0 Å². The van der Waals surface area contributed by atoms with Crippen molar-refractivity contribution < 1.29 is 0 Å². The third kappa shape index (κ3) is 7.27. The van der Waals surface area contributed by atoms with Crippen LogP contribution in [-0.4, -0.2) is 24.5 Å². The highest BCUT2D eigenvalue weighted by molar-refractivity contribution is 4.69. The van der Waals surface area contributed by atoms with Crippen LogP contribution in [0.1, 0.15) is 66.7 Å². The van der Waals surface area contributed by atoms with E-state index in [0.717, 1.165) is 17.9 Å². The van der Waals surface area contributed by atoms with Crippen LogP contribution in [0.3, 0.4) is 0 Å². The summed E-state index contributed by atoms with van der Waals surface area (Å²) in [5.41, 5.74) is 0. The Hall–Kier alpha value is -0.0400. The molecule has 0 rings (SSSR count). The Kier molecular flexibility index (Phi) is 9.02. The molecule has 2 atom stereocenters. The Morgan fingerprint density at radius 3 is 2.12 bits per heavy atom. The molecule has 0 saturated heterocycles. The Morgan fingerprint density at radius 2 is 1.69 bits per heavy atom. The monoisotopic (exact) mass is 227 g/mol. The molecule has 0 radical (unpaired) electrons. The van der Waals surface area contributed by atoms with E-state index >= 15 is 0 Å². The fourth-order valence-electron chi connectivity index (χ4n) is 2.37. The van der Waals surface area contributed by atoms with Crippen LogP contribution >= 0.6 is 0 Å². The van der Waals surface area contributed by atoms with E-state index in [2.05, 4.69) is 46.6 Å². The number of nitrogens with zero attached hydrogens (tertiary/aromatic N) is 1. The third-order valence-electron chi connectivity index (χ3n) is 3.65. The maximum atomic E-state index is 2.56. The minimum absolute atomic E-state index is 0.732. The molecule has 0 fully saturated rings. The second kappa shape index (κ2) is 9.04. The molecule has 0 bridgehead atoms. The number of hydrogen-bond donors (Lipinski definition) is 0. The Balaban J connectivity index is 3.92. The summed E-state index contributed by atoms with van der Waals surface area (Å²) in [6, 6.07) is 0.732. The number of rotatable bonds is 9. The van der Waals surface area contributed by atoms with Crippen LogP contribution in [0.5, 0.6) is 0 Å². The first-order valence-electron chi connectivity index (χ1n) is 7.21. The van der Waals surface area contributed by atoms with Crippen molar-refractivity contribution in [1.29, 1.82) is 0 Å². The molecule has 0 aliphatic carbocycles. The molecular formula is C15H33N. The highest BCUT2D eigenvalue weighted by Gasteiger charge is 2.15. The largest absolute Gasteiger partial charge is 0.303 e. The highest BCUT2D eigenvalue weighted by Crippen LogP contribution is 2.17. The second-order valence-electron chi connectivity index (χ2n) is 5.83. The summed E-state index contributed by atoms with van der Waals surface area (Å²) in [5, 5.41) is 0. The Morgan fingerprint density at radius 1 is 1.06 bits per heavy atom. The molecule has 1 heteroatoms. The van der Waals surface area contributed by atoms with Crippen molar-refractivity contribution in [3.8, 4) is 0 Å². The second-order valence-corrected chi connectivity index (χ2v) is 5.83. The van der Waals surface area contributed by atoms with E-state index in [9.17, 15) is 0 Å².